The third-order valence-corrected chi connectivity index (χ3v) is 4.05. The molecule has 0 saturated carbocycles. The molecule has 0 radical (unpaired) electrons. The van der Waals surface area contributed by atoms with E-state index in [1.807, 2.05) is 11.2 Å². The minimum Gasteiger partial charge on any atom is -0.413 e. The van der Waals surface area contributed by atoms with Crippen LogP contribution in [0.5, 0.6) is 0 Å². The van der Waals surface area contributed by atoms with Gasteiger partial charge in [-0.05, 0) is 18.6 Å². The molecule has 0 aliphatic heterocycles. The predicted molar refractivity (Wildman–Crippen MR) is 47.5 cm³/mol. The minimum absolute atomic E-state index is 0.194. The van der Waals surface area contributed by atoms with E-state index in [-0.39, 0.29) is 8.91 Å². The average molecular weight is 164 g/mol. The van der Waals surface area contributed by atoms with Crippen LogP contribution in [0.4, 0.5) is 0 Å². The molecule has 0 aliphatic carbocycles. The Morgan fingerprint density at radius 1 is 1.33 bits per heavy atom. The van der Waals surface area contributed by atoms with E-state index >= 15 is 0 Å². The largest absolute Gasteiger partial charge is 0.413 e. The van der Waals surface area contributed by atoms with Crippen LogP contribution in [0.3, 0.4) is 0 Å². The molecule has 1 nitrogen and oxygen atoms in total. The highest BCUT2D eigenvalue weighted by molar-refractivity contribution is 8.21. The molecule has 0 rings (SSSR count). The van der Waals surface area contributed by atoms with E-state index in [4.69, 9.17) is 4.43 Å². The Morgan fingerprint density at radius 2 is 2.11 bits per heavy atom. The maximum Gasteiger partial charge on any atom is 0.222 e. The zero-order valence-electron chi connectivity index (χ0n) is 6.35. The van der Waals surface area contributed by atoms with Gasteiger partial charge in [0, 0.05) is 6.61 Å². The lowest BCUT2D eigenvalue weighted by atomic mass is 10.5. The second-order valence-electron chi connectivity index (χ2n) is 1.93. The van der Waals surface area contributed by atoms with Crippen molar-refractivity contribution in [2.75, 3.05) is 12.4 Å². The van der Waals surface area contributed by atoms with Gasteiger partial charge >= 0.3 is 0 Å². The molecule has 0 fully saturated rings. The summed E-state index contributed by atoms with van der Waals surface area (Å²) in [5, 5.41) is 0. The van der Waals surface area contributed by atoms with Crippen LogP contribution in [0.15, 0.2) is 0 Å². The van der Waals surface area contributed by atoms with Crippen LogP contribution in [0.2, 0.25) is 0 Å². The van der Waals surface area contributed by atoms with Crippen LogP contribution < -0.4 is 0 Å². The monoisotopic (exact) mass is 164 g/mol. The topological polar surface area (TPSA) is 9.23 Å². The van der Waals surface area contributed by atoms with Crippen LogP contribution in [-0.4, -0.2) is 21.3 Å². The molecule has 3 heteroatoms. The first kappa shape index (κ1) is 9.53. The highest BCUT2D eigenvalue weighted by Gasteiger charge is 1.86. The quantitative estimate of drug-likeness (QED) is 0.435. The highest BCUT2D eigenvalue weighted by Crippen LogP contribution is 1.98. The van der Waals surface area contributed by atoms with Gasteiger partial charge in [-0.3, -0.25) is 0 Å². The maximum absolute atomic E-state index is 5.39. The van der Waals surface area contributed by atoms with Crippen LogP contribution in [0.1, 0.15) is 26.7 Å². The van der Waals surface area contributed by atoms with Crippen molar-refractivity contribution in [1.29, 1.82) is 0 Å². The fourth-order valence-corrected chi connectivity index (χ4v) is 3.32. The minimum atomic E-state index is -0.194. The van der Waals surface area contributed by atoms with Crippen LogP contribution >= 0.6 is 11.2 Å². The van der Waals surface area contributed by atoms with Gasteiger partial charge in [0.15, 0.2) is 0 Å². The van der Waals surface area contributed by atoms with Gasteiger partial charge in [0.2, 0.25) is 8.91 Å². The molecule has 0 aliphatic rings. The molecule has 0 aromatic rings. The molecule has 0 N–H and O–H groups in total. The summed E-state index contributed by atoms with van der Waals surface area (Å²) in [6, 6.07) is 0. The van der Waals surface area contributed by atoms with Gasteiger partial charge in [0.1, 0.15) is 0 Å². The van der Waals surface area contributed by atoms with Gasteiger partial charge in [0.05, 0.1) is 0 Å². The van der Waals surface area contributed by atoms with E-state index in [0.29, 0.717) is 0 Å². The Hall–Kier alpha value is 0.527. The number of rotatable bonds is 6. The molecule has 0 bridgehead atoms. The highest BCUT2D eigenvalue weighted by atomic mass is 32.4. The van der Waals surface area contributed by atoms with Crippen molar-refractivity contribution in [3.63, 3.8) is 0 Å². The molecule has 0 saturated heterocycles. The van der Waals surface area contributed by atoms with Crippen molar-refractivity contribution in [3.8, 4) is 0 Å². The van der Waals surface area contributed by atoms with Gasteiger partial charge in [-0.25, -0.2) is 0 Å². The van der Waals surface area contributed by atoms with Crippen molar-refractivity contribution < 1.29 is 4.43 Å². The number of hydrogen-bond acceptors (Lipinski definition) is 2. The van der Waals surface area contributed by atoms with Crippen LogP contribution in [0, 0.1) is 0 Å². The van der Waals surface area contributed by atoms with Crippen molar-refractivity contribution >= 4 is 20.1 Å². The lowest BCUT2D eigenvalue weighted by Gasteiger charge is -1.98. The fourth-order valence-electron chi connectivity index (χ4n) is 0.465. The molecule has 0 spiro atoms. The molecule has 0 atom stereocenters. The average Bonchev–Trinajstić information content (AvgIpc) is 1.89. The Bertz CT molecular complexity index is 46.3. The lowest BCUT2D eigenvalue weighted by Crippen LogP contribution is -1.95. The van der Waals surface area contributed by atoms with E-state index in [0.717, 1.165) is 6.61 Å². The van der Waals surface area contributed by atoms with Crippen molar-refractivity contribution in [2.24, 2.45) is 0 Å². The predicted octanol–water partition coefficient (Wildman–Crippen LogP) is 1.55. The standard InChI is InChI=1S/C6H16OSSi/c1-3-5-7-9-8-6-4-2/h3-6,9H2,1-2H3. The molecular weight excluding hydrogens is 148 g/mol. The van der Waals surface area contributed by atoms with E-state index in [1.165, 1.54) is 18.6 Å². The van der Waals surface area contributed by atoms with Gasteiger partial charge in [-0.2, -0.15) is 11.2 Å². The van der Waals surface area contributed by atoms with Gasteiger partial charge in [-0.15, -0.1) is 0 Å². The molecule has 0 unspecified atom stereocenters. The fraction of sp³-hybridized carbons (Fsp3) is 1.00. The molecule has 9 heavy (non-hydrogen) atoms. The normalized spacial score (nSPS) is 11.3. The summed E-state index contributed by atoms with van der Waals surface area (Å²) in [6.07, 6.45) is 2.45. The molecule has 56 valence electrons. The first-order valence-electron chi connectivity index (χ1n) is 3.57. The summed E-state index contributed by atoms with van der Waals surface area (Å²) in [5.74, 6) is 1.29. The Labute approximate surface area is 64.1 Å². The summed E-state index contributed by atoms with van der Waals surface area (Å²) in [6.45, 7) is 5.34. The summed E-state index contributed by atoms with van der Waals surface area (Å²) < 4.78 is 5.39. The SMILES string of the molecule is CCCO[SiH2]SCCC. The summed E-state index contributed by atoms with van der Waals surface area (Å²) in [7, 11) is -0.194. The van der Waals surface area contributed by atoms with Crippen molar-refractivity contribution in [1.82, 2.24) is 0 Å². The molecule has 0 heterocycles. The first-order chi connectivity index (χ1) is 4.41. The van der Waals surface area contributed by atoms with Crippen molar-refractivity contribution in [3.05, 3.63) is 0 Å². The van der Waals surface area contributed by atoms with Gasteiger partial charge in [0.25, 0.3) is 0 Å². The summed E-state index contributed by atoms with van der Waals surface area (Å²) >= 11 is 2.01. The molecule has 0 aromatic heterocycles. The van der Waals surface area contributed by atoms with E-state index in [9.17, 15) is 0 Å². The Morgan fingerprint density at radius 3 is 2.67 bits per heavy atom. The Balaban J connectivity index is 2.60. The maximum atomic E-state index is 5.39. The van der Waals surface area contributed by atoms with Crippen LogP contribution in [0.25, 0.3) is 0 Å². The first-order valence-corrected chi connectivity index (χ1v) is 7.03. The third kappa shape index (κ3) is 8.53. The lowest BCUT2D eigenvalue weighted by molar-refractivity contribution is 0.345. The number of hydrogen-bond donors (Lipinski definition) is 0. The van der Waals surface area contributed by atoms with Crippen LogP contribution in [-0.2, 0) is 4.43 Å². The smallest absolute Gasteiger partial charge is 0.222 e. The molecule has 0 aromatic carbocycles. The van der Waals surface area contributed by atoms with E-state index < -0.39 is 0 Å². The second-order valence-corrected chi connectivity index (χ2v) is 5.33. The summed E-state index contributed by atoms with van der Waals surface area (Å²) in [5.41, 5.74) is 0. The third-order valence-electron chi connectivity index (χ3n) is 0.864. The molecule has 0 amide bonds. The Kier molecular flexibility index (Phi) is 9.03. The van der Waals surface area contributed by atoms with Crippen molar-refractivity contribution in [2.45, 2.75) is 26.7 Å². The zero-order valence-corrected chi connectivity index (χ0v) is 8.58. The van der Waals surface area contributed by atoms with E-state index in [1.54, 1.807) is 0 Å². The summed E-state index contributed by atoms with van der Waals surface area (Å²) in [4.78, 5) is 0. The zero-order chi connectivity index (χ0) is 6.95. The second kappa shape index (κ2) is 8.53. The molecular formula is C6H16OSSi. The van der Waals surface area contributed by atoms with Gasteiger partial charge < -0.3 is 4.43 Å². The van der Waals surface area contributed by atoms with E-state index in [2.05, 4.69) is 13.8 Å². The van der Waals surface area contributed by atoms with Gasteiger partial charge in [-0.1, -0.05) is 13.8 Å².